The van der Waals surface area contributed by atoms with Crippen molar-refractivity contribution in [3.05, 3.63) is 75.6 Å². The topological polar surface area (TPSA) is 99.4 Å². The normalized spacial score (nSPS) is 25.0. The summed E-state index contributed by atoms with van der Waals surface area (Å²) in [7, 11) is 0. The van der Waals surface area contributed by atoms with E-state index in [0.29, 0.717) is 10.8 Å². The van der Waals surface area contributed by atoms with Crippen LogP contribution in [0.2, 0.25) is 5.02 Å². The molecule has 0 radical (unpaired) electrons. The quantitative estimate of drug-likeness (QED) is 0.403. The first kappa shape index (κ1) is 24.7. The van der Waals surface area contributed by atoms with Gasteiger partial charge in [0.25, 0.3) is 0 Å². The Morgan fingerprint density at radius 3 is 2.29 bits per heavy atom. The molecule has 34 heavy (non-hydrogen) atoms. The number of halogens is 4. The molecular formula is C24H22ClF3O6. The molecule has 3 aromatic carbocycles. The number of fused-ring (bicyclic) bond motifs is 1. The molecule has 4 rings (SSSR count). The van der Waals surface area contributed by atoms with Gasteiger partial charge in [-0.1, -0.05) is 41.9 Å². The molecule has 0 spiro atoms. The highest BCUT2D eigenvalue weighted by Gasteiger charge is 2.44. The number of rotatable bonds is 5. The van der Waals surface area contributed by atoms with Gasteiger partial charge in [-0.05, 0) is 23.4 Å². The highest BCUT2D eigenvalue weighted by atomic mass is 35.5. The Hall–Kier alpha value is -2.40. The van der Waals surface area contributed by atoms with Gasteiger partial charge in [-0.25, -0.2) is 8.78 Å². The maximum atomic E-state index is 14.7. The molecule has 1 fully saturated rings. The molecule has 0 aliphatic carbocycles. The van der Waals surface area contributed by atoms with Gasteiger partial charge in [0.15, 0.2) is 17.9 Å². The van der Waals surface area contributed by atoms with Crippen molar-refractivity contribution in [3.63, 3.8) is 0 Å². The van der Waals surface area contributed by atoms with Crippen LogP contribution >= 0.6 is 11.6 Å². The van der Waals surface area contributed by atoms with Gasteiger partial charge in [-0.2, -0.15) is 4.39 Å². The molecule has 0 saturated carbocycles. The molecule has 1 aliphatic rings. The SMILES string of the molecule is CCOc1cc(F)c(Cc2cc([C@@H]3O[C@H](O)[C@@H](O)[C@H](O)[C@H]3O)c3ccccc3c2Cl)c(F)c1F. The second-order valence-corrected chi connectivity index (χ2v) is 8.35. The van der Waals surface area contributed by atoms with E-state index < -0.39 is 65.9 Å². The predicted molar refractivity (Wildman–Crippen MR) is 117 cm³/mol. The van der Waals surface area contributed by atoms with Crippen molar-refractivity contribution >= 4 is 22.4 Å². The summed E-state index contributed by atoms with van der Waals surface area (Å²) in [5.41, 5.74) is -0.146. The van der Waals surface area contributed by atoms with Gasteiger partial charge in [-0.3, -0.25) is 0 Å². The van der Waals surface area contributed by atoms with Gasteiger partial charge in [0.2, 0.25) is 5.82 Å². The first-order valence-electron chi connectivity index (χ1n) is 10.5. The maximum Gasteiger partial charge on any atom is 0.201 e. The van der Waals surface area contributed by atoms with E-state index in [4.69, 9.17) is 21.1 Å². The fourth-order valence-electron chi connectivity index (χ4n) is 4.13. The number of aliphatic hydroxyl groups excluding tert-OH is 4. The van der Waals surface area contributed by atoms with Crippen LogP contribution in [0.1, 0.15) is 29.7 Å². The molecule has 10 heteroatoms. The fraction of sp³-hybridized carbons (Fsp3) is 0.333. The Morgan fingerprint density at radius 1 is 0.941 bits per heavy atom. The van der Waals surface area contributed by atoms with Crippen molar-refractivity contribution in [2.75, 3.05) is 6.61 Å². The number of benzene rings is 3. The fourth-order valence-corrected chi connectivity index (χ4v) is 4.42. The van der Waals surface area contributed by atoms with Gasteiger partial charge >= 0.3 is 0 Å². The third-order valence-corrected chi connectivity index (χ3v) is 6.31. The highest BCUT2D eigenvalue weighted by Crippen LogP contribution is 2.40. The number of aliphatic hydroxyl groups is 4. The minimum absolute atomic E-state index is 0.0190. The monoisotopic (exact) mass is 498 g/mol. The third kappa shape index (κ3) is 4.24. The third-order valence-electron chi connectivity index (χ3n) is 5.87. The molecule has 6 nitrogen and oxygen atoms in total. The summed E-state index contributed by atoms with van der Waals surface area (Å²) in [6, 6.07) is 8.80. The van der Waals surface area contributed by atoms with E-state index in [-0.39, 0.29) is 22.8 Å². The van der Waals surface area contributed by atoms with E-state index in [9.17, 15) is 33.6 Å². The van der Waals surface area contributed by atoms with E-state index >= 15 is 0 Å². The Kier molecular flexibility index (Phi) is 7.04. The van der Waals surface area contributed by atoms with Crippen molar-refractivity contribution in [3.8, 4) is 5.75 Å². The molecule has 1 saturated heterocycles. The van der Waals surface area contributed by atoms with Crippen LogP contribution in [-0.4, -0.2) is 51.6 Å². The molecule has 3 aromatic rings. The first-order valence-corrected chi connectivity index (χ1v) is 10.9. The molecule has 0 unspecified atom stereocenters. The van der Waals surface area contributed by atoms with Crippen LogP contribution in [0.4, 0.5) is 13.2 Å². The van der Waals surface area contributed by atoms with Crippen molar-refractivity contribution in [1.29, 1.82) is 0 Å². The van der Waals surface area contributed by atoms with Gasteiger partial charge in [0.1, 0.15) is 30.2 Å². The zero-order valence-electron chi connectivity index (χ0n) is 17.9. The van der Waals surface area contributed by atoms with Gasteiger partial charge in [0, 0.05) is 23.4 Å². The van der Waals surface area contributed by atoms with Crippen LogP contribution in [0.3, 0.4) is 0 Å². The second-order valence-electron chi connectivity index (χ2n) is 7.98. The van der Waals surface area contributed by atoms with Crippen molar-refractivity contribution in [2.45, 2.75) is 44.1 Å². The molecular weight excluding hydrogens is 477 g/mol. The van der Waals surface area contributed by atoms with Crippen LogP contribution in [0.15, 0.2) is 36.4 Å². The average molecular weight is 499 g/mol. The summed E-state index contributed by atoms with van der Waals surface area (Å²) in [5.74, 6) is -4.33. The van der Waals surface area contributed by atoms with Crippen molar-refractivity contribution < 1.29 is 43.1 Å². The minimum atomic E-state index is -1.80. The molecule has 4 N–H and O–H groups in total. The van der Waals surface area contributed by atoms with E-state index in [2.05, 4.69) is 0 Å². The Labute approximate surface area is 197 Å². The Morgan fingerprint density at radius 2 is 1.62 bits per heavy atom. The number of hydrogen-bond donors (Lipinski definition) is 4. The molecule has 0 aromatic heterocycles. The molecule has 1 aliphatic heterocycles. The highest BCUT2D eigenvalue weighted by molar-refractivity contribution is 6.36. The molecule has 5 atom stereocenters. The van der Waals surface area contributed by atoms with Crippen molar-refractivity contribution in [1.82, 2.24) is 0 Å². The van der Waals surface area contributed by atoms with E-state index in [1.165, 1.54) is 6.07 Å². The van der Waals surface area contributed by atoms with Gasteiger partial charge < -0.3 is 29.9 Å². The van der Waals surface area contributed by atoms with Crippen LogP contribution in [0, 0.1) is 17.5 Å². The number of hydrogen-bond acceptors (Lipinski definition) is 6. The summed E-state index contributed by atoms with van der Waals surface area (Å²) >= 11 is 6.54. The summed E-state index contributed by atoms with van der Waals surface area (Å²) in [6.45, 7) is 1.57. The van der Waals surface area contributed by atoms with Crippen LogP contribution < -0.4 is 4.74 Å². The zero-order chi connectivity index (χ0) is 24.7. The second kappa shape index (κ2) is 9.69. The van der Waals surface area contributed by atoms with E-state index in [1.54, 1.807) is 31.2 Å². The summed E-state index contributed by atoms with van der Waals surface area (Å²) < 4.78 is 54.1. The van der Waals surface area contributed by atoms with Crippen LogP contribution in [0.25, 0.3) is 10.8 Å². The smallest absolute Gasteiger partial charge is 0.201 e. The molecule has 1 heterocycles. The van der Waals surface area contributed by atoms with E-state index in [0.717, 1.165) is 6.07 Å². The average Bonchev–Trinajstić information content (AvgIpc) is 2.83. The lowest BCUT2D eigenvalue weighted by atomic mass is 9.88. The first-order chi connectivity index (χ1) is 16.1. The minimum Gasteiger partial charge on any atom is -0.491 e. The molecule has 0 bridgehead atoms. The van der Waals surface area contributed by atoms with Gasteiger partial charge in [0.05, 0.1) is 11.6 Å². The summed E-state index contributed by atoms with van der Waals surface area (Å²) in [5, 5.41) is 41.5. The standard InChI is InChI=1S/C24H22ClF3O6/c1-2-33-16-9-15(26)14(18(27)19(16)28)8-10-7-13(11-5-3-4-6-12(11)17(10)25)23-21(30)20(29)22(31)24(32)34-23/h3-7,9,20-24,29-32H,2,8H2,1H3/t20-,21-,22+,23+,24+/m1/s1. The lowest BCUT2D eigenvalue weighted by Crippen LogP contribution is -2.54. The lowest BCUT2D eigenvalue weighted by molar-refractivity contribution is -0.284. The van der Waals surface area contributed by atoms with Gasteiger partial charge in [-0.15, -0.1) is 0 Å². The lowest BCUT2D eigenvalue weighted by Gasteiger charge is -2.39. The Bertz CT molecular complexity index is 1220. The van der Waals surface area contributed by atoms with Crippen molar-refractivity contribution in [2.24, 2.45) is 0 Å². The predicted octanol–water partition coefficient (Wildman–Crippen LogP) is 3.37. The van der Waals surface area contributed by atoms with Crippen LogP contribution in [0.5, 0.6) is 5.75 Å². The molecule has 182 valence electrons. The number of ether oxygens (including phenoxy) is 2. The van der Waals surface area contributed by atoms with E-state index in [1.807, 2.05) is 0 Å². The molecule has 0 amide bonds. The maximum absolute atomic E-state index is 14.7. The zero-order valence-corrected chi connectivity index (χ0v) is 18.6. The summed E-state index contributed by atoms with van der Waals surface area (Å²) in [6.07, 6.45) is -8.64. The Balaban J connectivity index is 1.85. The summed E-state index contributed by atoms with van der Waals surface area (Å²) in [4.78, 5) is 0. The largest absolute Gasteiger partial charge is 0.491 e. The van der Waals surface area contributed by atoms with Crippen LogP contribution in [-0.2, 0) is 11.2 Å².